The molecule has 2 amide bonds. The van der Waals surface area contributed by atoms with Crippen molar-refractivity contribution >= 4 is 17.5 Å². The molecule has 3 aromatic rings. The third-order valence-corrected chi connectivity index (χ3v) is 4.23. The fourth-order valence-corrected chi connectivity index (χ4v) is 2.80. The number of hydrogen-bond donors (Lipinski definition) is 2. The number of benzene rings is 1. The smallest absolute Gasteiger partial charge is 0.274 e. The van der Waals surface area contributed by atoms with Crippen LogP contribution in [0.4, 0.5) is 5.69 Å². The molecule has 0 unspecified atom stereocenters. The van der Waals surface area contributed by atoms with Gasteiger partial charge in [0.2, 0.25) is 0 Å². The van der Waals surface area contributed by atoms with Gasteiger partial charge in [0.15, 0.2) is 11.5 Å². The van der Waals surface area contributed by atoms with E-state index in [1.54, 1.807) is 42.7 Å². The van der Waals surface area contributed by atoms with E-state index in [0.717, 1.165) is 5.56 Å². The van der Waals surface area contributed by atoms with Gasteiger partial charge in [0.25, 0.3) is 11.8 Å². The molecule has 146 valence electrons. The van der Waals surface area contributed by atoms with E-state index >= 15 is 0 Å². The lowest BCUT2D eigenvalue weighted by molar-refractivity contribution is 0.0950. The number of hydrogen-bond acceptors (Lipinski definition) is 6. The van der Waals surface area contributed by atoms with Crippen LogP contribution in [0.15, 0.2) is 61.1 Å². The molecule has 2 aromatic heterocycles. The zero-order valence-electron chi connectivity index (χ0n) is 15.4. The summed E-state index contributed by atoms with van der Waals surface area (Å²) in [6.45, 7) is 1.30. The summed E-state index contributed by atoms with van der Waals surface area (Å²) >= 11 is 0. The molecule has 29 heavy (non-hydrogen) atoms. The molecule has 0 spiro atoms. The average molecular weight is 390 g/mol. The maximum atomic E-state index is 12.6. The van der Waals surface area contributed by atoms with Crippen molar-refractivity contribution in [2.24, 2.45) is 0 Å². The molecule has 3 heterocycles. The van der Waals surface area contributed by atoms with Gasteiger partial charge in [0.05, 0.1) is 0 Å². The monoisotopic (exact) mass is 390 g/mol. The highest BCUT2D eigenvalue weighted by molar-refractivity contribution is 6.04. The van der Waals surface area contributed by atoms with Gasteiger partial charge in [-0.25, -0.2) is 0 Å². The number of carbonyl (C=O) groups is 2. The number of nitrogens with zero attached hydrogens (tertiary/aromatic N) is 2. The fraction of sp³-hybridized carbons (Fsp3) is 0.143. The van der Waals surface area contributed by atoms with Gasteiger partial charge in [-0.3, -0.25) is 19.6 Å². The van der Waals surface area contributed by atoms with Crippen LogP contribution in [-0.4, -0.2) is 35.0 Å². The molecule has 8 nitrogen and oxygen atoms in total. The number of anilines is 1. The van der Waals surface area contributed by atoms with Crippen LogP contribution in [0.2, 0.25) is 0 Å². The van der Waals surface area contributed by atoms with E-state index in [1.807, 2.05) is 6.07 Å². The van der Waals surface area contributed by atoms with E-state index in [0.29, 0.717) is 42.5 Å². The number of pyridine rings is 2. The molecule has 0 aliphatic carbocycles. The number of fused-ring (bicyclic) bond motifs is 1. The topological polar surface area (TPSA) is 102 Å². The predicted octanol–water partition coefficient (Wildman–Crippen LogP) is 2.43. The van der Waals surface area contributed by atoms with Crippen LogP contribution in [-0.2, 0) is 6.54 Å². The zero-order chi connectivity index (χ0) is 20.1. The summed E-state index contributed by atoms with van der Waals surface area (Å²) in [4.78, 5) is 33.0. The van der Waals surface area contributed by atoms with Crippen molar-refractivity contribution in [2.45, 2.75) is 6.54 Å². The summed E-state index contributed by atoms with van der Waals surface area (Å²) < 4.78 is 11.0. The second kappa shape index (κ2) is 8.39. The van der Waals surface area contributed by atoms with Crippen LogP contribution in [0.1, 0.15) is 26.4 Å². The first-order valence-electron chi connectivity index (χ1n) is 9.03. The van der Waals surface area contributed by atoms with Gasteiger partial charge in [-0.1, -0.05) is 6.07 Å². The van der Waals surface area contributed by atoms with E-state index < -0.39 is 5.91 Å². The molecule has 0 saturated heterocycles. The standard InChI is InChI=1S/C21H18N4O4/c26-20(24-13-14-2-1-6-22-12-14)15-5-7-23-17(10-15)21(27)25-16-3-4-18-19(11-16)29-9-8-28-18/h1-7,10-12H,8-9,13H2,(H,24,26)(H,25,27). The van der Waals surface area contributed by atoms with Crippen molar-refractivity contribution in [1.29, 1.82) is 0 Å². The highest BCUT2D eigenvalue weighted by Gasteiger charge is 2.15. The van der Waals surface area contributed by atoms with Crippen molar-refractivity contribution in [3.63, 3.8) is 0 Å². The maximum Gasteiger partial charge on any atom is 0.274 e. The van der Waals surface area contributed by atoms with E-state index in [1.165, 1.54) is 12.3 Å². The van der Waals surface area contributed by atoms with Crippen molar-refractivity contribution in [2.75, 3.05) is 18.5 Å². The highest BCUT2D eigenvalue weighted by atomic mass is 16.6. The Morgan fingerprint density at radius 2 is 1.83 bits per heavy atom. The molecule has 4 rings (SSSR count). The molecule has 0 radical (unpaired) electrons. The Hall–Kier alpha value is -3.94. The van der Waals surface area contributed by atoms with Crippen molar-refractivity contribution in [3.8, 4) is 11.5 Å². The van der Waals surface area contributed by atoms with Gasteiger partial charge in [-0.15, -0.1) is 0 Å². The van der Waals surface area contributed by atoms with Crippen LogP contribution in [0.5, 0.6) is 11.5 Å². The Balaban J connectivity index is 1.42. The second-order valence-electron chi connectivity index (χ2n) is 6.29. The number of aromatic nitrogens is 2. The number of ether oxygens (including phenoxy) is 2. The Kier molecular flexibility index (Phi) is 5.33. The summed E-state index contributed by atoms with van der Waals surface area (Å²) in [6.07, 6.45) is 4.78. The molecular formula is C21H18N4O4. The first-order chi connectivity index (χ1) is 14.2. The first kappa shape index (κ1) is 18.4. The summed E-state index contributed by atoms with van der Waals surface area (Å²) in [5.41, 5.74) is 1.91. The molecular weight excluding hydrogens is 372 g/mol. The largest absolute Gasteiger partial charge is 0.486 e. The lowest BCUT2D eigenvalue weighted by Gasteiger charge is -2.19. The Bertz CT molecular complexity index is 1040. The summed E-state index contributed by atoms with van der Waals surface area (Å²) in [5.74, 6) is 0.485. The Morgan fingerprint density at radius 3 is 2.66 bits per heavy atom. The Morgan fingerprint density at radius 1 is 0.966 bits per heavy atom. The number of carbonyl (C=O) groups excluding carboxylic acids is 2. The van der Waals surface area contributed by atoms with Crippen LogP contribution in [0, 0.1) is 0 Å². The van der Waals surface area contributed by atoms with E-state index in [-0.39, 0.29) is 11.6 Å². The van der Waals surface area contributed by atoms with Gasteiger partial charge in [-0.2, -0.15) is 0 Å². The third-order valence-electron chi connectivity index (χ3n) is 4.23. The summed E-state index contributed by atoms with van der Waals surface area (Å²) in [5, 5.41) is 5.55. The van der Waals surface area contributed by atoms with Gasteiger partial charge < -0.3 is 20.1 Å². The van der Waals surface area contributed by atoms with E-state index in [4.69, 9.17) is 9.47 Å². The van der Waals surface area contributed by atoms with Crippen molar-refractivity contribution in [3.05, 3.63) is 77.9 Å². The second-order valence-corrected chi connectivity index (χ2v) is 6.29. The van der Waals surface area contributed by atoms with Crippen LogP contribution < -0.4 is 20.1 Å². The predicted molar refractivity (Wildman–Crippen MR) is 105 cm³/mol. The molecule has 0 bridgehead atoms. The molecule has 8 heteroatoms. The molecule has 2 N–H and O–H groups in total. The number of rotatable bonds is 5. The molecule has 0 fully saturated rings. The van der Waals surface area contributed by atoms with Gasteiger partial charge in [0, 0.05) is 42.5 Å². The highest BCUT2D eigenvalue weighted by Crippen LogP contribution is 2.32. The summed E-state index contributed by atoms with van der Waals surface area (Å²) in [6, 6.07) is 11.8. The Labute approximate surface area is 166 Å². The minimum atomic E-state index is -0.427. The van der Waals surface area contributed by atoms with Crippen LogP contribution in [0.25, 0.3) is 0 Å². The minimum absolute atomic E-state index is 0.133. The lowest BCUT2D eigenvalue weighted by Crippen LogP contribution is -2.23. The SMILES string of the molecule is O=C(NCc1cccnc1)c1ccnc(C(=O)Nc2ccc3c(c2)OCCO3)c1. The number of nitrogens with one attached hydrogen (secondary N) is 2. The minimum Gasteiger partial charge on any atom is -0.486 e. The number of amides is 2. The van der Waals surface area contributed by atoms with Gasteiger partial charge in [0.1, 0.15) is 18.9 Å². The fourth-order valence-electron chi connectivity index (χ4n) is 2.80. The molecule has 1 aliphatic heterocycles. The zero-order valence-corrected chi connectivity index (χ0v) is 15.4. The quantitative estimate of drug-likeness (QED) is 0.694. The third kappa shape index (κ3) is 4.49. The summed E-state index contributed by atoms with van der Waals surface area (Å²) in [7, 11) is 0. The normalized spacial score (nSPS) is 12.1. The van der Waals surface area contributed by atoms with Crippen LogP contribution >= 0.6 is 0 Å². The van der Waals surface area contributed by atoms with Crippen LogP contribution in [0.3, 0.4) is 0 Å². The van der Waals surface area contributed by atoms with Crippen molar-refractivity contribution < 1.29 is 19.1 Å². The van der Waals surface area contributed by atoms with Crippen molar-refractivity contribution in [1.82, 2.24) is 15.3 Å². The molecule has 0 atom stereocenters. The maximum absolute atomic E-state index is 12.6. The first-order valence-corrected chi connectivity index (χ1v) is 9.03. The molecule has 1 aliphatic rings. The van der Waals surface area contributed by atoms with Gasteiger partial charge >= 0.3 is 0 Å². The lowest BCUT2D eigenvalue weighted by atomic mass is 10.2. The van der Waals surface area contributed by atoms with E-state index in [9.17, 15) is 9.59 Å². The van der Waals surface area contributed by atoms with E-state index in [2.05, 4.69) is 20.6 Å². The van der Waals surface area contributed by atoms with Gasteiger partial charge in [-0.05, 0) is 35.9 Å². The average Bonchev–Trinajstić information content (AvgIpc) is 2.78. The molecule has 0 saturated carbocycles. The molecule has 1 aromatic carbocycles.